The number of aliphatic hydroxyl groups excluding tert-OH is 3. The van der Waals surface area contributed by atoms with E-state index < -0.39 is 31.6 Å². The molecule has 5 unspecified atom stereocenters. The van der Waals surface area contributed by atoms with Crippen molar-refractivity contribution in [3.8, 4) is 11.5 Å². The summed E-state index contributed by atoms with van der Waals surface area (Å²) >= 11 is 0. The van der Waals surface area contributed by atoms with Crippen LogP contribution in [0.1, 0.15) is 121 Å². The second-order valence-corrected chi connectivity index (χ2v) is 13.4. The van der Waals surface area contributed by atoms with Gasteiger partial charge in [0, 0.05) is 5.56 Å². The molecule has 2 rings (SSSR count). The summed E-state index contributed by atoms with van der Waals surface area (Å²) in [6, 6.07) is 0. The van der Waals surface area contributed by atoms with Gasteiger partial charge < -0.3 is 29.5 Å². The van der Waals surface area contributed by atoms with Crippen LogP contribution in [0.3, 0.4) is 0 Å². The fourth-order valence-electron chi connectivity index (χ4n) is 6.00. The minimum atomic E-state index is -1.39. The van der Waals surface area contributed by atoms with Crippen molar-refractivity contribution in [2.45, 2.75) is 144 Å². The molecule has 0 amide bonds. The third-order valence-corrected chi connectivity index (χ3v) is 9.07. The highest BCUT2D eigenvalue weighted by Gasteiger charge is 2.35. The van der Waals surface area contributed by atoms with Gasteiger partial charge in [-0.2, -0.15) is 0 Å². The molecule has 0 aromatic heterocycles. The minimum absolute atomic E-state index is 0.225. The SMILES string of the molecule is Cc1c(C)c2c(c(C)c1OC(=O)OC(CO)C(O)CO)CCC(C)(CCCC(C)CCCC(C)CCCC(C)C)O2. The van der Waals surface area contributed by atoms with Gasteiger partial charge in [0.1, 0.15) is 23.2 Å². The normalized spacial score (nSPS) is 19.7. The van der Waals surface area contributed by atoms with Crippen molar-refractivity contribution >= 4 is 6.16 Å². The zero-order valence-corrected chi connectivity index (χ0v) is 27.1. The van der Waals surface area contributed by atoms with Gasteiger partial charge in [0.15, 0.2) is 6.10 Å². The van der Waals surface area contributed by atoms with Gasteiger partial charge in [-0.15, -0.1) is 0 Å². The van der Waals surface area contributed by atoms with Gasteiger partial charge in [-0.25, -0.2) is 4.79 Å². The Hall–Kier alpha value is -1.83. The fraction of sp³-hybridized carbons (Fsp3) is 0.794. The van der Waals surface area contributed by atoms with Gasteiger partial charge in [0.05, 0.1) is 13.2 Å². The lowest BCUT2D eigenvalue weighted by molar-refractivity contribution is -0.0580. The van der Waals surface area contributed by atoms with E-state index in [0.717, 1.165) is 71.4 Å². The molecule has 1 aromatic carbocycles. The lowest BCUT2D eigenvalue weighted by Gasteiger charge is -2.38. The minimum Gasteiger partial charge on any atom is -0.487 e. The molecule has 0 saturated heterocycles. The van der Waals surface area contributed by atoms with Crippen LogP contribution >= 0.6 is 0 Å². The van der Waals surface area contributed by atoms with E-state index in [4.69, 9.17) is 19.3 Å². The molecular formula is C34H58O7. The average molecular weight is 579 g/mol. The van der Waals surface area contributed by atoms with Crippen molar-refractivity contribution in [3.63, 3.8) is 0 Å². The molecule has 1 aliphatic rings. The number of carbonyl (C=O) groups excluding carboxylic acids is 1. The second kappa shape index (κ2) is 16.7. The van der Waals surface area contributed by atoms with Gasteiger partial charge in [0.2, 0.25) is 0 Å². The van der Waals surface area contributed by atoms with Crippen molar-refractivity contribution in [1.29, 1.82) is 0 Å². The van der Waals surface area contributed by atoms with E-state index >= 15 is 0 Å². The number of hydrogen-bond donors (Lipinski definition) is 3. The molecule has 0 spiro atoms. The molecule has 0 bridgehead atoms. The third kappa shape index (κ3) is 10.7. The van der Waals surface area contributed by atoms with Gasteiger partial charge in [-0.3, -0.25) is 0 Å². The third-order valence-electron chi connectivity index (χ3n) is 9.07. The second-order valence-electron chi connectivity index (χ2n) is 13.4. The van der Waals surface area contributed by atoms with Crippen LogP contribution in [0.5, 0.6) is 11.5 Å². The first-order valence-electron chi connectivity index (χ1n) is 15.9. The number of aliphatic hydroxyl groups is 3. The van der Waals surface area contributed by atoms with E-state index in [9.17, 15) is 15.0 Å². The summed E-state index contributed by atoms with van der Waals surface area (Å²) in [5.74, 6) is 3.67. The first-order chi connectivity index (χ1) is 19.3. The summed E-state index contributed by atoms with van der Waals surface area (Å²) in [6.07, 6.45) is 9.46. The zero-order chi connectivity index (χ0) is 30.7. The number of carbonyl (C=O) groups is 1. The maximum absolute atomic E-state index is 12.4. The number of hydrogen-bond acceptors (Lipinski definition) is 7. The smallest absolute Gasteiger partial charge is 0.487 e. The van der Waals surface area contributed by atoms with Gasteiger partial charge in [0.25, 0.3) is 0 Å². The van der Waals surface area contributed by atoms with Crippen LogP contribution in [0.25, 0.3) is 0 Å². The van der Waals surface area contributed by atoms with Crippen molar-refractivity contribution in [2.75, 3.05) is 13.2 Å². The molecule has 0 radical (unpaired) electrons. The standard InChI is InChI=1S/C34H58O7/c1-22(2)12-9-13-23(3)14-10-15-24(4)16-11-18-34(8)19-17-28-27(7)31(25(5)26(6)32(28)41-34)40-33(38)39-30(21-36)29(37)20-35/h22-24,29-30,35-37H,9-21H2,1-8H3. The van der Waals surface area contributed by atoms with Gasteiger partial charge in [-0.05, 0) is 87.8 Å². The molecule has 1 aliphatic heterocycles. The lowest BCUT2D eigenvalue weighted by atomic mass is 9.83. The molecule has 0 fully saturated rings. The number of benzene rings is 1. The maximum Gasteiger partial charge on any atom is 0.514 e. The molecule has 1 heterocycles. The molecule has 0 saturated carbocycles. The summed E-state index contributed by atoms with van der Waals surface area (Å²) in [6.45, 7) is 16.2. The van der Waals surface area contributed by atoms with E-state index in [2.05, 4.69) is 34.6 Å². The number of rotatable bonds is 17. The van der Waals surface area contributed by atoms with E-state index in [1.54, 1.807) is 0 Å². The number of ether oxygens (including phenoxy) is 3. The van der Waals surface area contributed by atoms with Crippen molar-refractivity contribution in [2.24, 2.45) is 17.8 Å². The highest BCUT2D eigenvalue weighted by molar-refractivity contribution is 5.68. The maximum atomic E-state index is 12.4. The Balaban J connectivity index is 1.91. The van der Waals surface area contributed by atoms with Crippen molar-refractivity contribution in [3.05, 3.63) is 22.3 Å². The van der Waals surface area contributed by atoms with Crippen LogP contribution in [0.4, 0.5) is 4.79 Å². The lowest BCUT2D eigenvalue weighted by Crippen LogP contribution is -2.38. The molecule has 7 heteroatoms. The highest BCUT2D eigenvalue weighted by Crippen LogP contribution is 2.45. The van der Waals surface area contributed by atoms with Crippen LogP contribution in [0.15, 0.2) is 0 Å². The number of fused-ring (bicyclic) bond motifs is 1. The van der Waals surface area contributed by atoms with E-state index in [-0.39, 0.29) is 5.60 Å². The largest absolute Gasteiger partial charge is 0.514 e. The summed E-state index contributed by atoms with van der Waals surface area (Å²) in [5.41, 5.74) is 3.37. The molecule has 5 atom stereocenters. The summed E-state index contributed by atoms with van der Waals surface area (Å²) < 4.78 is 17.3. The quantitative estimate of drug-likeness (QED) is 0.131. The topological polar surface area (TPSA) is 105 Å². The van der Waals surface area contributed by atoms with Crippen LogP contribution in [-0.4, -0.2) is 52.5 Å². The predicted molar refractivity (Wildman–Crippen MR) is 164 cm³/mol. The first kappa shape index (κ1) is 35.4. The van der Waals surface area contributed by atoms with E-state index in [1.165, 1.54) is 44.9 Å². The molecule has 236 valence electrons. The Morgan fingerprint density at radius 1 is 0.878 bits per heavy atom. The van der Waals surface area contributed by atoms with Crippen LogP contribution in [-0.2, 0) is 11.2 Å². The Labute approximate surface area is 249 Å². The molecular weight excluding hydrogens is 520 g/mol. The van der Waals surface area contributed by atoms with Crippen LogP contribution < -0.4 is 9.47 Å². The predicted octanol–water partition coefficient (Wildman–Crippen LogP) is 7.36. The molecule has 3 N–H and O–H groups in total. The fourth-order valence-corrected chi connectivity index (χ4v) is 6.00. The molecule has 0 aliphatic carbocycles. The first-order valence-corrected chi connectivity index (χ1v) is 15.9. The Kier molecular flexibility index (Phi) is 14.4. The van der Waals surface area contributed by atoms with Gasteiger partial charge in [-0.1, -0.05) is 72.6 Å². The molecule has 7 nitrogen and oxygen atoms in total. The summed E-state index contributed by atoms with van der Waals surface area (Å²) in [5, 5.41) is 28.2. The van der Waals surface area contributed by atoms with Crippen molar-refractivity contribution in [1.82, 2.24) is 0 Å². The Morgan fingerprint density at radius 2 is 1.46 bits per heavy atom. The van der Waals surface area contributed by atoms with Crippen LogP contribution in [0, 0.1) is 38.5 Å². The summed E-state index contributed by atoms with van der Waals surface area (Å²) in [4.78, 5) is 12.4. The van der Waals surface area contributed by atoms with Crippen molar-refractivity contribution < 1.29 is 34.3 Å². The van der Waals surface area contributed by atoms with E-state index in [0.29, 0.717) is 5.75 Å². The highest BCUT2D eigenvalue weighted by atomic mass is 16.7. The molecule has 1 aromatic rings. The van der Waals surface area contributed by atoms with Crippen LogP contribution in [0.2, 0.25) is 0 Å². The Morgan fingerprint density at radius 3 is 2.02 bits per heavy atom. The monoisotopic (exact) mass is 578 g/mol. The zero-order valence-electron chi connectivity index (χ0n) is 27.1. The van der Waals surface area contributed by atoms with Gasteiger partial charge >= 0.3 is 6.16 Å². The average Bonchev–Trinajstić information content (AvgIpc) is 2.92. The summed E-state index contributed by atoms with van der Waals surface area (Å²) in [7, 11) is 0. The molecule has 41 heavy (non-hydrogen) atoms. The van der Waals surface area contributed by atoms with E-state index in [1.807, 2.05) is 20.8 Å². The Bertz CT molecular complexity index is 959.